The van der Waals surface area contributed by atoms with Crippen LogP contribution in [0.25, 0.3) is 0 Å². The molecule has 2 heterocycles. The summed E-state index contributed by atoms with van der Waals surface area (Å²) in [4.78, 5) is 31.3. The molecule has 0 spiro atoms. The summed E-state index contributed by atoms with van der Waals surface area (Å²) in [6.07, 6.45) is 0. The lowest BCUT2D eigenvalue weighted by Gasteiger charge is -2.36. The highest BCUT2D eigenvalue weighted by atomic mass is 16.5. The quantitative estimate of drug-likeness (QED) is 0.179. The smallest absolute Gasteiger partial charge is 0.340 e. The van der Waals surface area contributed by atoms with Crippen molar-refractivity contribution in [3.63, 3.8) is 0 Å². The Kier molecular flexibility index (Phi) is 6.86. The van der Waals surface area contributed by atoms with Crippen LogP contribution in [0.5, 0.6) is 23.0 Å². The number of para-hydroxylation sites is 8. The fourth-order valence-corrected chi connectivity index (χ4v) is 5.62. The van der Waals surface area contributed by atoms with Crippen molar-refractivity contribution in [3.05, 3.63) is 120 Å². The summed E-state index contributed by atoms with van der Waals surface area (Å²) in [5, 5.41) is 0. The van der Waals surface area contributed by atoms with Gasteiger partial charge >= 0.3 is 11.9 Å². The molecule has 0 amide bonds. The Morgan fingerprint density at radius 1 is 0.500 bits per heavy atom. The molecule has 0 atom stereocenters. The summed E-state index contributed by atoms with van der Waals surface area (Å²) in [7, 11) is 0. The predicted molar refractivity (Wildman–Crippen MR) is 168 cm³/mol. The maximum absolute atomic E-state index is 13.7. The lowest BCUT2D eigenvalue weighted by Crippen LogP contribution is -2.23. The molecule has 0 aliphatic carbocycles. The van der Waals surface area contributed by atoms with Gasteiger partial charge < -0.3 is 28.7 Å². The molecule has 44 heavy (non-hydrogen) atoms. The maximum atomic E-state index is 13.7. The highest BCUT2D eigenvalue weighted by molar-refractivity contribution is 6.08. The number of rotatable bonds is 6. The minimum absolute atomic E-state index is 0.162. The van der Waals surface area contributed by atoms with Crippen LogP contribution >= 0.6 is 0 Å². The number of carbonyl (C=O) groups is 2. The highest BCUT2D eigenvalue weighted by Crippen LogP contribution is 2.55. The van der Waals surface area contributed by atoms with Crippen molar-refractivity contribution < 1.29 is 28.5 Å². The second-order valence-corrected chi connectivity index (χ2v) is 10.1. The Hall–Kier alpha value is -5.76. The van der Waals surface area contributed by atoms with Gasteiger partial charge in [-0.05, 0) is 74.5 Å². The molecule has 2 aliphatic heterocycles. The molecule has 0 saturated carbocycles. The van der Waals surface area contributed by atoms with E-state index < -0.39 is 11.9 Å². The van der Waals surface area contributed by atoms with Gasteiger partial charge in [-0.25, -0.2) is 9.59 Å². The van der Waals surface area contributed by atoms with Gasteiger partial charge in [0, 0.05) is 0 Å². The van der Waals surface area contributed by atoms with Crippen LogP contribution in [0.2, 0.25) is 0 Å². The lowest BCUT2D eigenvalue weighted by molar-refractivity contribution is 0.0526. The Balaban J connectivity index is 1.56. The summed E-state index contributed by atoms with van der Waals surface area (Å²) < 4.78 is 23.6. The largest absolute Gasteiger partial charge is 0.462 e. The molecule has 0 bridgehead atoms. The first kappa shape index (κ1) is 27.1. The van der Waals surface area contributed by atoms with Crippen LogP contribution in [0.1, 0.15) is 34.6 Å². The van der Waals surface area contributed by atoms with Crippen LogP contribution in [0, 0.1) is 0 Å². The van der Waals surface area contributed by atoms with Crippen molar-refractivity contribution in [3.8, 4) is 23.0 Å². The summed E-state index contributed by atoms with van der Waals surface area (Å²) in [6.45, 7) is 3.82. The molecule has 8 heteroatoms. The molecule has 5 aromatic carbocycles. The maximum Gasteiger partial charge on any atom is 0.340 e. The van der Waals surface area contributed by atoms with E-state index in [0.717, 1.165) is 22.7 Å². The number of ether oxygens (including phenoxy) is 4. The van der Waals surface area contributed by atoms with Crippen molar-refractivity contribution in [2.45, 2.75) is 13.8 Å². The van der Waals surface area contributed by atoms with Crippen molar-refractivity contribution in [1.82, 2.24) is 0 Å². The van der Waals surface area contributed by atoms with Crippen LogP contribution in [0.4, 0.5) is 34.1 Å². The Morgan fingerprint density at radius 3 is 1.14 bits per heavy atom. The number of esters is 2. The normalized spacial score (nSPS) is 12.5. The first-order valence-electron chi connectivity index (χ1n) is 14.4. The van der Waals surface area contributed by atoms with Gasteiger partial charge in [0.2, 0.25) is 0 Å². The van der Waals surface area contributed by atoms with Gasteiger partial charge in [-0.15, -0.1) is 0 Å². The second kappa shape index (κ2) is 11.1. The molecule has 0 fully saturated rings. The van der Waals surface area contributed by atoms with E-state index in [0.29, 0.717) is 34.4 Å². The molecule has 2 aliphatic rings. The van der Waals surface area contributed by atoms with Crippen LogP contribution < -0.4 is 19.3 Å². The van der Waals surface area contributed by atoms with E-state index in [-0.39, 0.29) is 24.3 Å². The van der Waals surface area contributed by atoms with E-state index in [1.807, 2.05) is 113 Å². The molecule has 0 saturated heterocycles. The van der Waals surface area contributed by atoms with Gasteiger partial charge in [-0.2, -0.15) is 0 Å². The Labute approximate surface area is 254 Å². The number of hydrogen-bond donors (Lipinski definition) is 0. The number of carbonyl (C=O) groups excluding carboxylic acids is 2. The third-order valence-corrected chi connectivity index (χ3v) is 7.45. The van der Waals surface area contributed by atoms with E-state index >= 15 is 0 Å². The monoisotopic (exact) mass is 584 g/mol. The zero-order valence-electron chi connectivity index (χ0n) is 24.2. The fraction of sp³-hybridized carbons (Fsp3) is 0.111. The first-order valence-corrected chi connectivity index (χ1v) is 14.4. The van der Waals surface area contributed by atoms with Crippen LogP contribution in [0.15, 0.2) is 109 Å². The van der Waals surface area contributed by atoms with Crippen molar-refractivity contribution in [2.24, 2.45) is 0 Å². The lowest BCUT2D eigenvalue weighted by atomic mass is 10.00. The van der Waals surface area contributed by atoms with E-state index in [4.69, 9.17) is 18.9 Å². The summed E-state index contributed by atoms with van der Waals surface area (Å²) in [6, 6.07) is 33.9. The molecule has 218 valence electrons. The molecule has 0 unspecified atom stereocenters. The second-order valence-electron chi connectivity index (χ2n) is 10.1. The van der Waals surface area contributed by atoms with E-state index in [2.05, 4.69) is 0 Å². The third-order valence-electron chi connectivity index (χ3n) is 7.45. The van der Waals surface area contributed by atoms with E-state index in [1.165, 1.54) is 0 Å². The zero-order valence-corrected chi connectivity index (χ0v) is 24.2. The van der Waals surface area contributed by atoms with Gasteiger partial charge in [0.15, 0.2) is 23.0 Å². The summed E-state index contributed by atoms with van der Waals surface area (Å²) in [5.74, 6) is 1.36. The molecule has 7 rings (SSSR count). The molecular weight excluding hydrogens is 556 g/mol. The van der Waals surface area contributed by atoms with Gasteiger partial charge in [0.25, 0.3) is 0 Å². The summed E-state index contributed by atoms with van der Waals surface area (Å²) >= 11 is 0. The molecule has 5 aromatic rings. The molecular formula is C36H28N2O6. The van der Waals surface area contributed by atoms with Crippen LogP contribution in [-0.2, 0) is 9.47 Å². The topological polar surface area (TPSA) is 77.5 Å². The van der Waals surface area contributed by atoms with Crippen LogP contribution in [0.3, 0.4) is 0 Å². The van der Waals surface area contributed by atoms with Crippen molar-refractivity contribution in [1.29, 1.82) is 0 Å². The van der Waals surface area contributed by atoms with Gasteiger partial charge in [0.05, 0.1) is 58.5 Å². The number of benzene rings is 5. The average molecular weight is 585 g/mol. The third kappa shape index (κ3) is 4.48. The Bertz CT molecular complexity index is 1690. The average Bonchev–Trinajstić information content (AvgIpc) is 3.05. The van der Waals surface area contributed by atoms with Gasteiger partial charge in [0.1, 0.15) is 0 Å². The Morgan fingerprint density at radius 2 is 0.818 bits per heavy atom. The summed E-state index contributed by atoms with van der Waals surface area (Å²) in [5.41, 5.74) is 4.36. The van der Waals surface area contributed by atoms with Crippen LogP contribution in [-0.4, -0.2) is 25.2 Å². The molecule has 8 nitrogen and oxygen atoms in total. The highest BCUT2D eigenvalue weighted by Gasteiger charge is 2.34. The predicted octanol–water partition coefficient (Wildman–Crippen LogP) is 9.19. The minimum atomic E-state index is -0.566. The van der Waals surface area contributed by atoms with Crippen molar-refractivity contribution >= 4 is 46.1 Å². The number of anilines is 6. The van der Waals surface area contributed by atoms with E-state index in [9.17, 15) is 9.59 Å². The number of hydrogen-bond acceptors (Lipinski definition) is 8. The first-order chi connectivity index (χ1) is 21.6. The number of nitrogens with zero attached hydrogens (tertiary/aromatic N) is 2. The zero-order chi connectivity index (χ0) is 30.2. The molecule has 0 aromatic heterocycles. The fourth-order valence-electron chi connectivity index (χ4n) is 5.62. The standard InChI is InChI=1S/C36H28N2O6/c1-3-41-35(39)23-21-24(36(40)42-4-2)30(38-27-15-7-11-19-33(27)44-34-20-12-8-16-28(34)38)22-29(23)37-25-13-5-9-17-31(25)43-32-18-10-6-14-26(32)37/h5-22H,3-4H2,1-2H3. The minimum Gasteiger partial charge on any atom is -0.462 e. The van der Waals surface area contributed by atoms with E-state index in [1.54, 1.807) is 19.9 Å². The number of fused-ring (bicyclic) bond motifs is 4. The molecule has 0 N–H and O–H groups in total. The molecule has 0 radical (unpaired) electrons. The van der Waals surface area contributed by atoms with Gasteiger partial charge in [-0.1, -0.05) is 48.5 Å². The van der Waals surface area contributed by atoms with Crippen molar-refractivity contribution in [2.75, 3.05) is 23.0 Å². The van der Waals surface area contributed by atoms with Gasteiger partial charge in [-0.3, -0.25) is 0 Å². The SMILES string of the molecule is CCOC(=O)c1cc(C(=O)OCC)c(N2c3ccccc3Oc3ccccc32)cc1N1c2ccccc2Oc2ccccc21.